The van der Waals surface area contributed by atoms with Crippen LogP contribution >= 0.6 is 0 Å². The molecule has 0 unspecified atom stereocenters. The highest BCUT2D eigenvalue weighted by Gasteiger charge is 2.50. The van der Waals surface area contributed by atoms with Gasteiger partial charge in [0.1, 0.15) is 0 Å². The largest absolute Gasteiger partial charge is 0.479 e. The summed E-state index contributed by atoms with van der Waals surface area (Å²) in [4.78, 5) is 11.9. The summed E-state index contributed by atoms with van der Waals surface area (Å²) in [5.74, 6) is -1.12. The minimum atomic E-state index is -2.19. The van der Waals surface area contributed by atoms with Gasteiger partial charge in [0, 0.05) is 12.3 Å². The average molecular weight is 298 g/mol. The van der Waals surface area contributed by atoms with Crippen molar-refractivity contribution in [2.24, 2.45) is 5.92 Å². The maximum Gasteiger partial charge on any atom is 0.335 e. The Bertz CT molecular complexity index is 380. The summed E-state index contributed by atoms with van der Waals surface area (Å²) in [5, 5.41) is 9.76. The second-order valence-electron chi connectivity index (χ2n) is 6.86. The van der Waals surface area contributed by atoms with Crippen LogP contribution in [-0.4, -0.2) is 25.0 Å². The van der Waals surface area contributed by atoms with Crippen molar-refractivity contribution < 1.29 is 14.3 Å². The Balaban J connectivity index is 5.76. The fraction of sp³-hybridized carbons (Fsp3) is 0.688. The van der Waals surface area contributed by atoms with Crippen LogP contribution in [0.25, 0.3) is 0 Å². The highest BCUT2D eigenvalue weighted by atomic mass is 28.4. The zero-order valence-electron chi connectivity index (χ0n) is 14.0. The van der Waals surface area contributed by atoms with Crippen LogP contribution in [0.1, 0.15) is 41.0 Å². The van der Waals surface area contributed by atoms with Crippen LogP contribution in [0.15, 0.2) is 24.8 Å². The molecule has 0 aliphatic heterocycles. The molecular weight excluding hydrogens is 268 g/mol. The Morgan fingerprint density at radius 1 is 1.40 bits per heavy atom. The molecule has 0 aliphatic rings. The van der Waals surface area contributed by atoms with Crippen LogP contribution < -0.4 is 0 Å². The molecular formula is C16H30O3Si. The molecule has 0 spiro atoms. The van der Waals surface area contributed by atoms with E-state index in [1.165, 1.54) is 0 Å². The van der Waals surface area contributed by atoms with E-state index in [4.69, 9.17) is 4.43 Å². The van der Waals surface area contributed by atoms with Gasteiger partial charge in [-0.15, -0.1) is 6.58 Å². The van der Waals surface area contributed by atoms with Gasteiger partial charge in [0.25, 0.3) is 0 Å². The predicted molar refractivity (Wildman–Crippen MR) is 87.4 cm³/mol. The topological polar surface area (TPSA) is 46.5 Å². The molecule has 0 amide bonds. The molecule has 20 heavy (non-hydrogen) atoms. The molecule has 2 atom stereocenters. The first-order valence-electron chi connectivity index (χ1n) is 7.12. The van der Waals surface area contributed by atoms with E-state index in [1.54, 1.807) is 6.08 Å². The number of allylic oxidation sites excluding steroid dienone is 1. The molecule has 4 heteroatoms. The second kappa shape index (κ2) is 6.72. The maximum absolute atomic E-state index is 11.9. The van der Waals surface area contributed by atoms with Gasteiger partial charge in [-0.25, -0.2) is 4.79 Å². The van der Waals surface area contributed by atoms with E-state index in [-0.39, 0.29) is 11.0 Å². The van der Waals surface area contributed by atoms with Gasteiger partial charge in [-0.05, 0) is 25.1 Å². The summed E-state index contributed by atoms with van der Waals surface area (Å²) >= 11 is 0. The van der Waals surface area contributed by atoms with Gasteiger partial charge in [0.05, 0.1) is 0 Å². The third-order valence-electron chi connectivity index (χ3n) is 4.27. The number of carbonyl (C=O) groups is 1. The van der Waals surface area contributed by atoms with Gasteiger partial charge in [0.15, 0.2) is 13.9 Å². The van der Waals surface area contributed by atoms with Gasteiger partial charge < -0.3 is 9.53 Å². The molecule has 0 radical (unpaired) electrons. The Morgan fingerprint density at radius 3 is 2.20 bits per heavy atom. The summed E-state index contributed by atoms with van der Waals surface area (Å²) in [6.45, 7) is 18.0. The van der Waals surface area contributed by atoms with Crippen LogP contribution in [0.2, 0.25) is 18.1 Å². The highest BCUT2D eigenvalue weighted by molar-refractivity contribution is 6.74. The summed E-state index contributed by atoms with van der Waals surface area (Å²) < 4.78 is 6.32. The lowest BCUT2D eigenvalue weighted by molar-refractivity contribution is -0.159. The fourth-order valence-electron chi connectivity index (χ4n) is 1.91. The van der Waals surface area contributed by atoms with Gasteiger partial charge in [-0.2, -0.15) is 0 Å². The van der Waals surface area contributed by atoms with Crippen LogP contribution in [0, 0.1) is 5.92 Å². The molecule has 3 nitrogen and oxygen atoms in total. The molecule has 0 fully saturated rings. The van der Waals surface area contributed by atoms with Crippen molar-refractivity contribution in [3.05, 3.63) is 24.8 Å². The van der Waals surface area contributed by atoms with Crippen molar-refractivity contribution >= 4 is 14.3 Å². The Kier molecular flexibility index (Phi) is 6.43. The Labute approximate surface area is 124 Å². The van der Waals surface area contributed by atoms with Crippen molar-refractivity contribution in [3.63, 3.8) is 0 Å². The van der Waals surface area contributed by atoms with E-state index in [2.05, 4.69) is 40.4 Å². The van der Waals surface area contributed by atoms with Crippen molar-refractivity contribution in [1.29, 1.82) is 0 Å². The number of carboxylic acids is 1. The summed E-state index contributed by atoms with van der Waals surface area (Å²) in [5.41, 5.74) is -1.22. The molecule has 116 valence electrons. The summed E-state index contributed by atoms with van der Waals surface area (Å²) in [6, 6.07) is 0. The van der Waals surface area contributed by atoms with E-state index < -0.39 is 19.9 Å². The standard InChI is InChI=1S/C16H30O3Si/c1-9-11-13(3)16(12-10-2,14(17)18)19-20(7,8)15(4,5)6/h9-11,13H,2,12H2,1,3-8H3,(H,17,18)/b11-9+/t13-,16+/m1/s1. The lowest BCUT2D eigenvalue weighted by atomic mass is 9.85. The third kappa shape index (κ3) is 4.06. The van der Waals surface area contributed by atoms with Gasteiger partial charge in [-0.3, -0.25) is 0 Å². The van der Waals surface area contributed by atoms with Crippen LogP contribution in [-0.2, 0) is 9.22 Å². The van der Waals surface area contributed by atoms with E-state index >= 15 is 0 Å². The SMILES string of the molecule is C=CC[C@@](O[Si](C)(C)C(C)(C)C)(C(=O)O)[C@H](C)/C=C/C. The lowest BCUT2D eigenvalue weighted by Gasteiger charge is -2.45. The quantitative estimate of drug-likeness (QED) is 0.551. The molecule has 0 aromatic carbocycles. The number of carboxylic acid groups (broad SMARTS) is 1. The van der Waals surface area contributed by atoms with E-state index in [1.807, 2.05) is 26.0 Å². The molecule has 0 aromatic heterocycles. The van der Waals surface area contributed by atoms with E-state index in [9.17, 15) is 9.90 Å². The van der Waals surface area contributed by atoms with Gasteiger partial charge in [0.2, 0.25) is 0 Å². The molecule has 0 saturated heterocycles. The van der Waals surface area contributed by atoms with Crippen molar-refractivity contribution in [1.82, 2.24) is 0 Å². The first kappa shape index (κ1) is 19.1. The monoisotopic (exact) mass is 298 g/mol. The maximum atomic E-state index is 11.9. The summed E-state index contributed by atoms with van der Waals surface area (Å²) in [7, 11) is -2.19. The number of rotatable bonds is 7. The van der Waals surface area contributed by atoms with Crippen molar-refractivity contribution in [2.75, 3.05) is 0 Å². The Hall–Kier alpha value is -0.873. The Morgan fingerprint density at radius 2 is 1.90 bits per heavy atom. The zero-order valence-corrected chi connectivity index (χ0v) is 15.0. The third-order valence-corrected chi connectivity index (χ3v) is 8.76. The van der Waals surface area contributed by atoms with E-state index in [0.717, 1.165) is 0 Å². The molecule has 0 saturated carbocycles. The normalized spacial score (nSPS) is 17.8. The highest BCUT2D eigenvalue weighted by Crippen LogP contribution is 2.42. The average Bonchev–Trinajstić information content (AvgIpc) is 2.26. The van der Waals surface area contributed by atoms with Crippen LogP contribution in [0.5, 0.6) is 0 Å². The lowest BCUT2D eigenvalue weighted by Crippen LogP contribution is -2.56. The molecule has 0 rings (SSSR count). The first-order valence-corrected chi connectivity index (χ1v) is 10.0. The van der Waals surface area contributed by atoms with Gasteiger partial charge >= 0.3 is 5.97 Å². The second-order valence-corrected chi connectivity index (χ2v) is 11.6. The molecule has 0 aliphatic carbocycles. The first-order chi connectivity index (χ1) is 8.94. The number of aliphatic carboxylic acids is 1. The van der Waals surface area contributed by atoms with Crippen LogP contribution in [0.4, 0.5) is 0 Å². The van der Waals surface area contributed by atoms with Crippen molar-refractivity contribution in [3.8, 4) is 0 Å². The van der Waals surface area contributed by atoms with E-state index in [0.29, 0.717) is 6.42 Å². The molecule has 0 heterocycles. The minimum absolute atomic E-state index is 0.0372. The van der Waals surface area contributed by atoms with Gasteiger partial charge in [-0.1, -0.05) is 45.9 Å². The van der Waals surface area contributed by atoms with Crippen molar-refractivity contribution in [2.45, 2.75) is 64.8 Å². The fourth-order valence-corrected chi connectivity index (χ4v) is 3.49. The molecule has 0 aromatic rings. The predicted octanol–water partition coefficient (Wildman–Crippen LogP) is 4.62. The number of hydrogen-bond donors (Lipinski definition) is 1. The number of hydrogen-bond acceptors (Lipinski definition) is 2. The zero-order chi connectivity index (χ0) is 16.2. The molecule has 0 bridgehead atoms. The summed E-state index contributed by atoms with van der Waals surface area (Å²) in [6.07, 6.45) is 5.72. The minimum Gasteiger partial charge on any atom is -0.479 e. The smallest absolute Gasteiger partial charge is 0.335 e. The van der Waals surface area contributed by atoms with Crippen LogP contribution in [0.3, 0.4) is 0 Å². The molecule has 1 N–H and O–H groups in total.